The number of rotatable bonds is 3. The highest BCUT2D eigenvalue weighted by molar-refractivity contribution is 6.32. The van der Waals surface area contributed by atoms with Crippen LogP contribution in [0.25, 0.3) is 0 Å². The zero-order chi connectivity index (χ0) is 14.3. The van der Waals surface area contributed by atoms with E-state index in [1.165, 1.54) is 12.1 Å². The van der Waals surface area contributed by atoms with E-state index in [9.17, 15) is 4.39 Å². The number of hydrogen-bond acceptors (Lipinski definition) is 1. The van der Waals surface area contributed by atoms with Crippen LogP contribution in [0.3, 0.4) is 0 Å². The van der Waals surface area contributed by atoms with E-state index in [1.807, 2.05) is 45.0 Å². The minimum atomic E-state index is -0.263. The van der Waals surface area contributed by atoms with Gasteiger partial charge in [-0.05, 0) is 42.3 Å². The molecule has 0 atom stereocenters. The molecule has 1 nitrogen and oxygen atoms in total. The van der Waals surface area contributed by atoms with Gasteiger partial charge in [0.2, 0.25) is 0 Å². The summed E-state index contributed by atoms with van der Waals surface area (Å²) in [6.07, 6.45) is 0. The molecule has 0 radical (unpaired) electrons. The molecule has 0 saturated carbocycles. The van der Waals surface area contributed by atoms with Gasteiger partial charge in [-0.3, -0.25) is 0 Å². The summed E-state index contributed by atoms with van der Waals surface area (Å²) < 4.78 is 18.5. The Morgan fingerprint density at radius 2 is 1.84 bits per heavy atom. The van der Waals surface area contributed by atoms with Gasteiger partial charge in [-0.25, -0.2) is 4.39 Å². The van der Waals surface area contributed by atoms with Gasteiger partial charge in [0.25, 0.3) is 0 Å². The van der Waals surface area contributed by atoms with Crippen molar-refractivity contribution in [1.29, 1.82) is 0 Å². The topological polar surface area (TPSA) is 9.23 Å². The van der Waals surface area contributed by atoms with Crippen LogP contribution in [-0.4, -0.2) is 0 Å². The molecule has 0 unspecified atom stereocenters. The largest absolute Gasteiger partial charge is 0.487 e. The predicted molar refractivity (Wildman–Crippen MR) is 78.3 cm³/mol. The zero-order valence-electron chi connectivity index (χ0n) is 11.4. The molecule has 0 amide bonds. The first-order chi connectivity index (χ1) is 9.15. The maximum atomic E-state index is 12.9. The summed E-state index contributed by atoms with van der Waals surface area (Å²) in [5, 5.41) is 0.571. The second-order valence-electron chi connectivity index (χ2n) is 3.85. The van der Waals surface area contributed by atoms with Crippen LogP contribution in [0.4, 0.5) is 4.39 Å². The lowest BCUT2D eigenvalue weighted by Gasteiger charge is -2.08. The zero-order valence-corrected chi connectivity index (χ0v) is 12.2. The Morgan fingerprint density at radius 3 is 2.47 bits per heavy atom. The summed E-state index contributed by atoms with van der Waals surface area (Å²) in [6, 6.07) is 11.9. The van der Waals surface area contributed by atoms with Crippen molar-refractivity contribution in [3.05, 3.63) is 64.4 Å². The lowest BCUT2D eigenvalue weighted by molar-refractivity contribution is 0.305. The summed E-state index contributed by atoms with van der Waals surface area (Å²) >= 11 is 6.03. The molecule has 0 spiro atoms. The lowest BCUT2D eigenvalue weighted by Crippen LogP contribution is -1.96. The highest BCUT2D eigenvalue weighted by Gasteiger charge is 2.02. The van der Waals surface area contributed by atoms with E-state index in [2.05, 4.69) is 0 Å². The van der Waals surface area contributed by atoms with Gasteiger partial charge < -0.3 is 4.74 Å². The number of hydrogen-bond donors (Lipinski definition) is 0. The molecule has 0 aromatic heterocycles. The van der Waals surface area contributed by atoms with Crippen LogP contribution in [0.2, 0.25) is 5.02 Å². The van der Waals surface area contributed by atoms with Gasteiger partial charge in [-0.1, -0.05) is 43.6 Å². The smallest absolute Gasteiger partial charge is 0.138 e. The van der Waals surface area contributed by atoms with Crippen molar-refractivity contribution in [2.45, 2.75) is 27.4 Å². The van der Waals surface area contributed by atoms with Crippen molar-refractivity contribution < 1.29 is 9.13 Å². The molecule has 102 valence electrons. The maximum Gasteiger partial charge on any atom is 0.138 e. The third-order valence-electron chi connectivity index (χ3n) is 2.37. The van der Waals surface area contributed by atoms with Crippen molar-refractivity contribution in [3.8, 4) is 5.75 Å². The molecule has 0 N–H and O–H groups in total. The van der Waals surface area contributed by atoms with Gasteiger partial charge in [0.15, 0.2) is 0 Å². The third kappa shape index (κ3) is 4.92. The highest BCUT2D eigenvalue weighted by Crippen LogP contribution is 2.25. The SMILES string of the molecule is CC.Cc1ccc(OCc2cccc(F)c2)c(Cl)c1. The van der Waals surface area contributed by atoms with Crippen molar-refractivity contribution >= 4 is 11.6 Å². The number of aryl methyl sites for hydroxylation is 1. The number of ether oxygens (including phenoxy) is 1. The Kier molecular flexibility index (Phi) is 6.37. The maximum absolute atomic E-state index is 12.9. The van der Waals surface area contributed by atoms with E-state index in [0.29, 0.717) is 17.4 Å². The predicted octanol–water partition coefficient (Wildman–Crippen LogP) is 5.39. The molecule has 0 aliphatic heterocycles. The summed E-state index contributed by atoms with van der Waals surface area (Å²) in [5.41, 5.74) is 1.86. The van der Waals surface area contributed by atoms with Crippen LogP contribution in [0.1, 0.15) is 25.0 Å². The molecule has 2 aromatic carbocycles. The van der Waals surface area contributed by atoms with Gasteiger partial charge in [0.1, 0.15) is 18.2 Å². The van der Waals surface area contributed by atoms with Crippen LogP contribution < -0.4 is 4.74 Å². The van der Waals surface area contributed by atoms with Gasteiger partial charge >= 0.3 is 0 Å². The van der Waals surface area contributed by atoms with E-state index >= 15 is 0 Å². The Balaban J connectivity index is 0.000000861. The Labute approximate surface area is 119 Å². The molecule has 2 rings (SSSR count). The first-order valence-corrected chi connectivity index (χ1v) is 6.66. The molecular formula is C16H18ClFO. The molecule has 0 saturated heterocycles. The van der Waals surface area contributed by atoms with Crippen LogP contribution in [-0.2, 0) is 6.61 Å². The molecule has 3 heteroatoms. The van der Waals surface area contributed by atoms with Crippen molar-refractivity contribution in [2.24, 2.45) is 0 Å². The minimum Gasteiger partial charge on any atom is -0.487 e. The Bertz CT molecular complexity index is 526. The molecule has 2 aromatic rings. The van der Waals surface area contributed by atoms with Crippen LogP contribution in [0.15, 0.2) is 42.5 Å². The first-order valence-electron chi connectivity index (χ1n) is 6.28. The van der Waals surface area contributed by atoms with E-state index < -0.39 is 0 Å². The molecular weight excluding hydrogens is 263 g/mol. The average Bonchev–Trinajstić information content (AvgIpc) is 2.40. The molecule has 0 fully saturated rings. The van der Waals surface area contributed by atoms with Gasteiger partial charge in [0, 0.05) is 0 Å². The highest BCUT2D eigenvalue weighted by atomic mass is 35.5. The van der Waals surface area contributed by atoms with E-state index in [1.54, 1.807) is 6.07 Å². The average molecular weight is 281 g/mol. The van der Waals surface area contributed by atoms with E-state index in [4.69, 9.17) is 16.3 Å². The summed E-state index contributed by atoms with van der Waals surface area (Å²) in [7, 11) is 0. The van der Waals surface area contributed by atoms with Gasteiger partial charge in [-0.2, -0.15) is 0 Å². The number of halogens is 2. The molecule has 0 bridgehead atoms. The second kappa shape index (κ2) is 7.80. The quantitative estimate of drug-likeness (QED) is 0.732. The van der Waals surface area contributed by atoms with Gasteiger partial charge in [-0.15, -0.1) is 0 Å². The Hall–Kier alpha value is -1.54. The van der Waals surface area contributed by atoms with Gasteiger partial charge in [0.05, 0.1) is 5.02 Å². The molecule has 0 heterocycles. The lowest BCUT2D eigenvalue weighted by atomic mass is 10.2. The minimum absolute atomic E-state index is 0.263. The van der Waals surface area contributed by atoms with Crippen LogP contribution >= 0.6 is 11.6 Å². The van der Waals surface area contributed by atoms with Crippen LogP contribution in [0, 0.1) is 12.7 Å². The molecule has 0 aliphatic rings. The first kappa shape index (κ1) is 15.5. The van der Waals surface area contributed by atoms with Crippen molar-refractivity contribution in [2.75, 3.05) is 0 Å². The fourth-order valence-corrected chi connectivity index (χ4v) is 1.80. The van der Waals surface area contributed by atoms with Crippen molar-refractivity contribution in [1.82, 2.24) is 0 Å². The normalized spacial score (nSPS) is 9.53. The summed E-state index contributed by atoms with van der Waals surface area (Å²) in [4.78, 5) is 0. The fourth-order valence-electron chi connectivity index (χ4n) is 1.51. The molecule has 19 heavy (non-hydrogen) atoms. The standard InChI is InChI=1S/C14H12ClFO.C2H6/c1-10-5-6-14(13(15)7-10)17-9-11-3-2-4-12(16)8-11;1-2/h2-8H,9H2,1H3;1-2H3. The molecule has 0 aliphatic carbocycles. The van der Waals surface area contributed by atoms with Crippen molar-refractivity contribution in [3.63, 3.8) is 0 Å². The van der Waals surface area contributed by atoms with Crippen LogP contribution in [0.5, 0.6) is 5.75 Å². The Morgan fingerprint density at radius 1 is 1.11 bits per heavy atom. The van der Waals surface area contributed by atoms with E-state index in [0.717, 1.165) is 11.1 Å². The summed E-state index contributed by atoms with van der Waals surface area (Å²) in [5.74, 6) is 0.350. The number of benzene rings is 2. The summed E-state index contributed by atoms with van der Waals surface area (Å²) in [6.45, 7) is 6.27. The monoisotopic (exact) mass is 280 g/mol. The fraction of sp³-hybridized carbons (Fsp3) is 0.250. The second-order valence-corrected chi connectivity index (χ2v) is 4.26. The van der Waals surface area contributed by atoms with E-state index in [-0.39, 0.29) is 5.82 Å². The third-order valence-corrected chi connectivity index (χ3v) is 2.67.